The van der Waals surface area contributed by atoms with Gasteiger partial charge in [0.1, 0.15) is 11.2 Å². The van der Waals surface area contributed by atoms with Gasteiger partial charge in [-0.1, -0.05) is 56.4 Å². The molecule has 2 aromatic heterocycles. The van der Waals surface area contributed by atoms with Crippen molar-refractivity contribution in [1.82, 2.24) is 14.8 Å². The zero-order valence-electron chi connectivity index (χ0n) is 18.7. The predicted octanol–water partition coefficient (Wildman–Crippen LogP) is 5.35. The largest absolute Gasteiger partial charge is 0.351 e. The number of benzene rings is 1. The summed E-state index contributed by atoms with van der Waals surface area (Å²) in [7, 11) is 0. The number of carbonyl (C=O) groups is 2. The molecule has 0 saturated heterocycles. The highest BCUT2D eigenvalue weighted by molar-refractivity contribution is 7.09. The van der Waals surface area contributed by atoms with Crippen LogP contribution in [0.2, 0.25) is 0 Å². The summed E-state index contributed by atoms with van der Waals surface area (Å²) < 4.78 is 2.04. The lowest BCUT2D eigenvalue weighted by Crippen LogP contribution is -2.64. The number of amides is 2. The summed E-state index contributed by atoms with van der Waals surface area (Å²) in [5.41, 5.74) is 0.730. The lowest BCUT2D eigenvalue weighted by molar-refractivity contribution is -0.134. The SMILES string of the molecule is C[C@@]1(C(=O)NC2CCCCCCC2)Cn2c(cc3ccccc32)C(=O)N1Cc1cccs1. The number of para-hydroxylation sites is 1. The Bertz CT molecular complexity index is 1110. The second-order valence-corrected chi connectivity index (χ2v) is 10.5. The molecule has 1 fully saturated rings. The van der Waals surface area contributed by atoms with Gasteiger partial charge in [0.15, 0.2) is 0 Å². The maximum absolute atomic E-state index is 13.8. The molecule has 1 aromatic carbocycles. The van der Waals surface area contributed by atoms with Crippen LogP contribution >= 0.6 is 11.3 Å². The smallest absolute Gasteiger partial charge is 0.271 e. The van der Waals surface area contributed by atoms with Crippen molar-refractivity contribution >= 4 is 34.1 Å². The molecule has 3 aromatic rings. The van der Waals surface area contributed by atoms with E-state index < -0.39 is 5.54 Å². The van der Waals surface area contributed by atoms with E-state index in [-0.39, 0.29) is 17.9 Å². The molecule has 168 valence electrons. The number of nitrogens with one attached hydrogen (secondary N) is 1. The standard InChI is InChI=1S/C26H31N3O2S/c1-26(25(31)27-20-11-5-3-2-4-6-12-20)18-28-22-14-8-7-10-19(22)16-23(28)24(30)29(26)17-21-13-9-15-32-21/h7-10,13-16,20H,2-6,11-12,17-18H2,1H3,(H,27,31)/t26-/m0/s1. The predicted molar refractivity (Wildman–Crippen MR) is 129 cm³/mol. The van der Waals surface area contributed by atoms with E-state index in [1.54, 1.807) is 16.2 Å². The van der Waals surface area contributed by atoms with E-state index in [1.165, 1.54) is 19.3 Å². The Morgan fingerprint density at radius 3 is 2.59 bits per heavy atom. The van der Waals surface area contributed by atoms with Crippen LogP contribution in [0.1, 0.15) is 67.2 Å². The number of hydrogen-bond donors (Lipinski definition) is 1. The van der Waals surface area contributed by atoms with Gasteiger partial charge in [-0.2, -0.15) is 0 Å². The quantitative estimate of drug-likeness (QED) is 0.584. The fraction of sp³-hybridized carbons (Fsp3) is 0.462. The summed E-state index contributed by atoms with van der Waals surface area (Å²) in [5.74, 6) is -0.104. The summed E-state index contributed by atoms with van der Waals surface area (Å²) >= 11 is 1.63. The van der Waals surface area contributed by atoms with Gasteiger partial charge >= 0.3 is 0 Å². The first-order chi connectivity index (χ1) is 15.6. The van der Waals surface area contributed by atoms with E-state index in [9.17, 15) is 9.59 Å². The second-order valence-electron chi connectivity index (χ2n) is 9.43. The Morgan fingerprint density at radius 2 is 1.84 bits per heavy atom. The van der Waals surface area contributed by atoms with Gasteiger partial charge in [0.2, 0.25) is 5.91 Å². The van der Waals surface area contributed by atoms with Crippen LogP contribution in [0.4, 0.5) is 0 Å². The molecule has 0 unspecified atom stereocenters. The Morgan fingerprint density at radius 1 is 1.09 bits per heavy atom. The van der Waals surface area contributed by atoms with Crippen LogP contribution in [-0.4, -0.2) is 32.9 Å². The van der Waals surface area contributed by atoms with E-state index in [4.69, 9.17) is 0 Å². The first kappa shape index (κ1) is 21.3. The van der Waals surface area contributed by atoms with Crippen LogP contribution < -0.4 is 5.32 Å². The molecule has 1 aliphatic carbocycles. The van der Waals surface area contributed by atoms with E-state index >= 15 is 0 Å². The molecule has 1 N–H and O–H groups in total. The summed E-state index contributed by atoms with van der Waals surface area (Å²) in [6, 6.07) is 14.2. The van der Waals surface area contributed by atoms with E-state index in [0.29, 0.717) is 18.8 Å². The Balaban J connectivity index is 1.50. The molecule has 0 bridgehead atoms. The molecule has 0 radical (unpaired) electrons. The number of thiophene rings is 1. The molecule has 1 atom stereocenters. The van der Waals surface area contributed by atoms with Crippen molar-refractivity contribution in [3.05, 3.63) is 58.4 Å². The summed E-state index contributed by atoms with van der Waals surface area (Å²) in [6.45, 7) is 2.85. The van der Waals surface area contributed by atoms with Crippen molar-refractivity contribution < 1.29 is 9.59 Å². The molecule has 6 heteroatoms. The maximum atomic E-state index is 13.8. The molecule has 32 heavy (non-hydrogen) atoms. The zero-order valence-corrected chi connectivity index (χ0v) is 19.5. The van der Waals surface area contributed by atoms with E-state index in [1.807, 2.05) is 59.3 Å². The highest BCUT2D eigenvalue weighted by atomic mass is 32.1. The Labute approximate surface area is 193 Å². The van der Waals surface area contributed by atoms with Crippen LogP contribution in [0.25, 0.3) is 10.9 Å². The monoisotopic (exact) mass is 449 g/mol. The average Bonchev–Trinajstić information content (AvgIpc) is 3.41. The molecule has 3 heterocycles. The highest BCUT2D eigenvalue weighted by Crippen LogP contribution is 2.34. The van der Waals surface area contributed by atoms with Gasteiger partial charge in [-0.25, -0.2) is 0 Å². The lowest BCUT2D eigenvalue weighted by Gasteiger charge is -2.44. The van der Waals surface area contributed by atoms with Gasteiger partial charge in [0.05, 0.1) is 13.1 Å². The average molecular weight is 450 g/mol. The number of aromatic nitrogens is 1. The fourth-order valence-corrected chi connectivity index (χ4v) is 5.95. The third-order valence-electron chi connectivity index (χ3n) is 7.16. The molecule has 5 nitrogen and oxygen atoms in total. The second kappa shape index (κ2) is 8.74. The first-order valence-corrected chi connectivity index (χ1v) is 12.7. The molecular weight excluding hydrogens is 418 g/mol. The summed E-state index contributed by atoms with van der Waals surface area (Å²) in [5, 5.41) is 6.41. The van der Waals surface area contributed by atoms with Gasteiger partial charge in [0, 0.05) is 21.8 Å². The van der Waals surface area contributed by atoms with Gasteiger partial charge in [0.25, 0.3) is 5.91 Å². The molecular formula is C26H31N3O2S. The van der Waals surface area contributed by atoms with Crippen LogP contribution in [0.15, 0.2) is 47.8 Å². The molecule has 1 saturated carbocycles. The van der Waals surface area contributed by atoms with Gasteiger partial charge < -0.3 is 14.8 Å². The number of rotatable bonds is 4. The number of carbonyl (C=O) groups excluding carboxylic acids is 2. The molecule has 1 aliphatic heterocycles. The van der Waals surface area contributed by atoms with Crippen LogP contribution in [0, 0.1) is 0 Å². The molecule has 0 spiro atoms. The maximum Gasteiger partial charge on any atom is 0.271 e. The fourth-order valence-electron chi connectivity index (χ4n) is 5.25. The van der Waals surface area contributed by atoms with Crippen LogP contribution in [0.3, 0.4) is 0 Å². The number of fused-ring (bicyclic) bond motifs is 3. The van der Waals surface area contributed by atoms with Crippen molar-refractivity contribution in [3.63, 3.8) is 0 Å². The minimum Gasteiger partial charge on any atom is -0.351 e. The van der Waals surface area contributed by atoms with Crippen molar-refractivity contribution in [2.75, 3.05) is 0 Å². The normalized spacial score (nSPS) is 22.4. The van der Waals surface area contributed by atoms with Crippen molar-refractivity contribution in [2.45, 2.75) is 76.5 Å². The molecule has 2 aliphatic rings. The minimum atomic E-state index is -0.946. The van der Waals surface area contributed by atoms with Crippen LogP contribution in [0.5, 0.6) is 0 Å². The first-order valence-electron chi connectivity index (χ1n) is 11.8. The van der Waals surface area contributed by atoms with E-state index in [0.717, 1.165) is 41.5 Å². The third-order valence-corrected chi connectivity index (χ3v) is 8.02. The van der Waals surface area contributed by atoms with Gasteiger partial charge in [-0.15, -0.1) is 11.3 Å². The van der Waals surface area contributed by atoms with Crippen molar-refractivity contribution in [2.24, 2.45) is 0 Å². The Kier molecular flexibility index (Phi) is 5.80. The molecule has 5 rings (SSSR count). The van der Waals surface area contributed by atoms with Crippen LogP contribution in [-0.2, 0) is 17.9 Å². The van der Waals surface area contributed by atoms with E-state index in [2.05, 4.69) is 5.32 Å². The topological polar surface area (TPSA) is 54.3 Å². The van der Waals surface area contributed by atoms with Gasteiger partial charge in [-0.3, -0.25) is 9.59 Å². The van der Waals surface area contributed by atoms with Crippen molar-refractivity contribution in [3.8, 4) is 0 Å². The van der Waals surface area contributed by atoms with Gasteiger partial charge in [-0.05, 0) is 43.3 Å². The lowest BCUT2D eigenvalue weighted by atomic mass is 9.92. The Hall–Kier alpha value is -2.60. The number of hydrogen-bond acceptors (Lipinski definition) is 3. The zero-order chi connectivity index (χ0) is 22.1. The number of nitrogens with zero attached hydrogens (tertiary/aromatic N) is 2. The summed E-state index contributed by atoms with van der Waals surface area (Å²) in [6.07, 6.45) is 8.15. The summed E-state index contributed by atoms with van der Waals surface area (Å²) in [4.78, 5) is 30.5. The minimum absolute atomic E-state index is 0.0311. The third kappa shape index (κ3) is 3.85. The van der Waals surface area contributed by atoms with Crippen molar-refractivity contribution in [1.29, 1.82) is 0 Å². The molecule has 2 amide bonds. The highest BCUT2D eigenvalue weighted by Gasteiger charge is 2.48.